The summed E-state index contributed by atoms with van der Waals surface area (Å²) in [4.78, 5) is 23.8. The summed E-state index contributed by atoms with van der Waals surface area (Å²) in [6, 6.07) is 9.39. The van der Waals surface area contributed by atoms with Crippen molar-refractivity contribution in [2.75, 3.05) is 42.7 Å². The van der Waals surface area contributed by atoms with Gasteiger partial charge in [-0.05, 0) is 55.0 Å². The van der Waals surface area contributed by atoms with Crippen LogP contribution >= 0.6 is 11.3 Å². The van der Waals surface area contributed by atoms with Crippen LogP contribution in [0, 0.1) is 5.41 Å². The van der Waals surface area contributed by atoms with Gasteiger partial charge in [0.1, 0.15) is 10.6 Å². The first kappa shape index (κ1) is 23.7. The molecule has 1 saturated carbocycles. The smallest absolute Gasteiger partial charge is 0.382 e. The molecule has 2 aliphatic rings. The molecule has 0 atom stereocenters. The van der Waals surface area contributed by atoms with Gasteiger partial charge >= 0.3 is 6.18 Å². The second-order valence-electron chi connectivity index (χ2n) is 9.42. The molecule has 1 aliphatic heterocycles. The Kier molecular flexibility index (Phi) is 5.98. The number of rotatable bonds is 6. The summed E-state index contributed by atoms with van der Waals surface area (Å²) in [5, 5.41) is 9.80. The zero-order valence-electron chi connectivity index (χ0n) is 19.5. The van der Waals surface area contributed by atoms with Crippen LogP contribution in [0.15, 0.2) is 30.3 Å². The molecule has 1 aliphatic carbocycles. The normalized spacial score (nSPS) is 21.9. The van der Waals surface area contributed by atoms with Gasteiger partial charge in [0.05, 0.1) is 11.8 Å². The van der Waals surface area contributed by atoms with Gasteiger partial charge in [-0.1, -0.05) is 0 Å². The van der Waals surface area contributed by atoms with E-state index in [1.807, 2.05) is 12.1 Å². The molecule has 7 nitrogen and oxygen atoms in total. The number of nitrogens with zero attached hydrogens (tertiary/aromatic N) is 3. The van der Waals surface area contributed by atoms with E-state index in [0.717, 1.165) is 49.4 Å². The minimum atomic E-state index is -4.26. The third-order valence-corrected chi connectivity index (χ3v) is 7.89. The van der Waals surface area contributed by atoms with Crippen LogP contribution in [0.4, 0.5) is 30.6 Å². The Balaban J connectivity index is 1.27. The Labute approximate surface area is 205 Å². The lowest BCUT2D eigenvalue weighted by atomic mass is 9.65. The maximum Gasteiger partial charge on any atom is 0.393 e. The van der Waals surface area contributed by atoms with Gasteiger partial charge in [0.15, 0.2) is 0 Å². The minimum Gasteiger partial charge on any atom is -0.382 e. The highest BCUT2D eigenvalue weighted by Gasteiger charge is 2.49. The molecular formula is C24H27F3N6OS. The topological polar surface area (TPSA) is 82.2 Å². The number of thiophene rings is 1. The Morgan fingerprint density at radius 3 is 2.60 bits per heavy atom. The number of halogens is 3. The highest BCUT2D eigenvalue weighted by molar-refractivity contribution is 7.18. The quantitative estimate of drug-likeness (QED) is 0.453. The Morgan fingerprint density at radius 2 is 1.94 bits per heavy atom. The number of alkyl halides is 3. The number of anilines is 3. The molecule has 35 heavy (non-hydrogen) atoms. The standard InChI is InChI=1S/C24H27F3N6OS/c1-28-20(34)14-3-5-15(6-4-14)30-16-10-23(11-16)7-8-33(13-23)19-18-9-17(12-24(25,26)27)35-21(18)32-22(29-2)31-19/h3-6,9,16,30H,7-8,10-13H2,1-2H3,(H,28,34)(H,29,31,32). The highest BCUT2D eigenvalue weighted by Crippen LogP contribution is 2.50. The van der Waals surface area contributed by atoms with Crippen LogP contribution in [0.1, 0.15) is 34.5 Å². The van der Waals surface area contributed by atoms with Crippen LogP contribution in [-0.4, -0.2) is 55.3 Å². The van der Waals surface area contributed by atoms with Gasteiger partial charge in [-0.2, -0.15) is 18.2 Å². The number of aromatic nitrogens is 2. The van der Waals surface area contributed by atoms with Crippen LogP contribution in [0.25, 0.3) is 10.2 Å². The summed E-state index contributed by atoms with van der Waals surface area (Å²) in [6.07, 6.45) is -2.17. The monoisotopic (exact) mass is 504 g/mol. The predicted octanol–water partition coefficient (Wildman–Crippen LogP) is 4.67. The third-order valence-electron chi connectivity index (χ3n) is 6.86. The van der Waals surface area contributed by atoms with E-state index in [0.29, 0.717) is 33.6 Å². The zero-order valence-corrected chi connectivity index (χ0v) is 20.3. The lowest BCUT2D eigenvalue weighted by molar-refractivity contribution is -0.126. The zero-order chi connectivity index (χ0) is 24.8. The molecule has 3 N–H and O–H groups in total. The van der Waals surface area contributed by atoms with E-state index in [1.54, 1.807) is 32.3 Å². The van der Waals surface area contributed by atoms with Crippen molar-refractivity contribution in [1.82, 2.24) is 15.3 Å². The van der Waals surface area contributed by atoms with Crippen LogP contribution in [-0.2, 0) is 6.42 Å². The molecule has 1 saturated heterocycles. The lowest BCUT2D eigenvalue weighted by Crippen LogP contribution is -2.46. The average molecular weight is 505 g/mol. The Hall–Kier alpha value is -3.08. The third kappa shape index (κ3) is 4.86. The maximum absolute atomic E-state index is 13.0. The van der Waals surface area contributed by atoms with Crippen LogP contribution in [0.2, 0.25) is 0 Å². The Morgan fingerprint density at radius 1 is 1.20 bits per heavy atom. The van der Waals surface area contributed by atoms with E-state index in [4.69, 9.17) is 0 Å². The second-order valence-corrected chi connectivity index (χ2v) is 10.5. The number of hydrogen-bond acceptors (Lipinski definition) is 7. The van der Waals surface area contributed by atoms with Gasteiger partial charge in [-0.15, -0.1) is 11.3 Å². The fourth-order valence-corrected chi connectivity index (χ4v) is 6.28. The summed E-state index contributed by atoms with van der Waals surface area (Å²) in [5.41, 5.74) is 1.78. The van der Waals surface area contributed by atoms with Crippen molar-refractivity contribution in [3.05, 3.63) is 40.8 Å². The molecular weight excluding hydrogens is 477 g/mol. The molecule has 5 rings (SSSR count). The second kappa shape index (κ2) is 8.85. The molecule has 3 heterocycles. The molecule has 2 aromatic heterocycles. The van der Waals surface area contributed by atoms with E-state index in [-0.39, 0.29) is 16.2 Å². The van der Waals surface area contributed by atoms with Crippen molar-refractivity contribution in [2.24, 2.45) is 5.41 Å². The molecule has 186 valence electrons. The molecule has 1 spiro atoms. The lowest BCUT2D eigenvalue weighted by Gasteiger charge is -2.46. The van der Waals surface area contributed by atoms with Gasteiger partial charge in [-0.25, -0.2) is 4.98 Å². The molecule has 1 amide bonds. The van der Waals surface area contributed by atoms with Crippen LogP contribution < -0.4 is 20.9 Å². The summed E-state index contributed by atoms with van der Waals surface area (Å²) >= 11 is 1.08. The molecule has 1 aromatic carbocycles. The average Bonchev–Trinajstić information content (AvgIpc) is 3.41. The summed E-state index contributed by atoms with van der Waals surface area (Å²) in [7, 11) is 3.32. The summed E-state index contributed by atoms with van der Waals surface area (Å²) in [6.45, 7) is 1.63. The molecule has 11 heteroatoms. The first-order chi connectivity index (χ1) is 16.7. The van der Waals surface area contributed by atoms with Crippen molar-refractivity contribution in [3.8, 4) is 0 Å². The van der Waals surface area contributed by atoms with E-state index >= 15 is 0 Å². The van der Waals surface area contributed by atoms with Crippen molar-refractivity contribution in [3.63, 3.8) is 0 Å². The number of amides is 1. The number of benzene rings is 1. The first-order valence-electron chi connectivity index (χ1n) is 11.6. The summed E-state index contributed by atoms with van der Waals surface area (Å²) < 4.78 is 38.9. The SMILES string of the molecule is CNC(=O)c1ccc(NC2CC3(CCN(c4nc(NC)nc5sc(CC(F)(F)F)cc45)C3)C2)cc1. The Bertz CT molecular complexity index is 1240. The summed E-state index contributed by atoms with van der Waals surface area (Å²) in [5.74, 6) is 1.02. The van der Waals surface area contributed by atoms with E-state index in [2.05, 4.69) is 30.8 Å². The van der Waals surface area contributed by atoms with Crippen molar-refractivity contribution in [2.45, 2.75) is 37.9 Å². The largest absolute Gasteiger partial charge is 0.393 e. The van der Waals surface area contributed by atoms with Crippen molar-refractivity contribution >= 4 is 44.9 Å². The van der Waals surface area contributed by atoms with Gasteiger partial charge in [0, 0.05) is 49.4 Å². The number of carbonyl (C=O) groups is 1. The molecule has 2 fully saturated rings. The van der Waals surface area contributed by atoms with E-state index < -0.39 is 12.6 Å². The first-order valence-corrected chi connectivity index (χ1v) is 12.4. The minimum absolute atomic E-state index is 0.110. The molecule has 0 radical (unpaired) electrons. The number of hydrogen-bond donors (Lipinski definition) is 3. The van der Waals surface area contributed by atoms with Gasteiger partial charge in [0.25, 0.3) is 5.91 Å². The highest BCUT2D eigenvalue weighted by atomic mass is 32.1. The molecule has 3 aromatic rings. The van der Waals surface area contributed by atoms with Gasteiger partial charge in [-0.3, -0.25) is 4.79 Å². The maximum atomic E-state index is 13.0. The van der Waals surface area contributed by atoms with Gasteiger partial charge < -0.3 is 20.9 Å². The molecule has 0 bridgehead atoms. The number of nitrogens with one attached hydrogen (secondary N) is 3. The van der Waals surface area contributed by atoms with E-state index in [9.17, 15) is 18.0 Å². The predicted molar refractivity (Wildman–Crippen MR) is 132 cm³/mol. The van der Waals surface area contributed by atoms with E-state index in [1.165, 1.54) is 0 Å². The van der Waals surface area contributed by atoms with Crippen molar-refractivity contribution < 1.29 is 18.0 Å². The van der Waals surface area contributed by atoms with Gasteiger partial charge in [0.2, 0.25) is 5.95 Å². The van der Waals surface area contributed by atoms with Crippen LogP contribution in [0.3, 0.4) is 0 Å². The van der Waals surface area contributed by atoms with Crippen molar-refractivity contribution in [1.29, 1.82) is 0 Å². The number of carbonyl (C=O) groups excluding carboxylic acids is 1. The fraction of sp³-hybridized carbons (Fsp3) is 0.458. The fourth-order valence-electron chi connectivity index (χ4n) is 5.23. The van der Waals surface area contributed by atoms with Crippen LogP contribution in [0.5, 0.6) is 0 Å². The number of fused-ring (bicyclic) bond motifs is 1. The molecule has 0 unspecified atom stereocenters.